The van der Waals surface area contributed by atoms with Crippen LogP contribution in [0.1, 0.15) is 38.8 Å². The van der Waals surface area contributed by atoms with Crippen LogP contribution < -0.4 is 14.5 Å². The molecule has 0 aromatic heterocycles. The van der Waals surface area contributed by atoms with Gasteiger partial charge in [-0.1, -0.05) is 0 Å². The molecule has 1 aliphatic heterocycles. The van der Waals surface area contributed by atoms with Crippen LogP contribution in [0.5, 0.6) is 11.5 Å². The molecule has 0 spiro atoms. The molecule has 1 aliphatic carbocycles. The van der Waals surface area contributed by atoms with Crippen molar-refractivity contribution >= 4 is 31.6 Å². The van der Waals surface area contributed by atoms with Gasteiger partial charge in [-0.2, -0.15) is 0 Å². The van der Waals surface area contributed by atoms with Crippen LogP contribution in [-0.2, 0) is 3.71 Å². The monoisotopic (exact) mass is 352 g/mol. The maximum atomic E-state index is 5.70. The van der Waals surface area contributed by atoms with Gasteiger partial charge in [0, 0.05) is 0 Å². The molecule has 0 fully saturated rings. The number of rotatable bonds is 3. The number of fused-ring (bicyclic) bond motifs is 2. The van der Waals surface area contributed by atoms with Crippen LogP contribution >= 0.6 is 0 Å². The molecule has 3 rings (SSSR count). The van der Waals surface area contributed by atoms with Gasteiger partial charge in [-0.15, -0.1) is 0 Å². The van der Waals surface area contributed by atoms with Crippen LogP contribution in [0.25, 0.3) is 5.70 Å². The molecule has 1 atom stereocenters. The Hall–Kier alpha value is -0.866. The Morgan fingerprint density at radius 2 is 1.72 bits per heavy atom. The molecule has 1 aromatic carbocycles. The minimum atomic E-state index is -1.90. The van der Waals surface area contributed by atoms with E-state index in [0.29, 0.717) is 6.79 Å². The number of allylic oxidation sites excluding steroid dienone is 1. The molecule has 0 saturated heterocycles. The molecule has 2 aliphatic rings. The molecule has 25 heavy (non-hydrogen) atoms. The number of benzene rings is 1. The van der Waals surface area contributed by atoms with Crippen molar-refractivity contribution in [2.24, 2.45) is 0 Å². The van der Waals surface area contributed by atoms with E-state index < -0.39 is 8.24 Å². The summed E-state index contributed by atoms with van der Waals surface area (Å²) >= 11 is 2.41. The first-order valence-electron chi connectivity index (χ1n) is 9.01. The summed E-state index contributed by atoms with van der Waals surface area (Å²) in [6.07, 6.45) is 0. The SMILES string of the molecule is [Li][C]1([Si](C)(C)NC(C)(C)C)C(C)=C(N(C)C)c2cc3c(cc21)OCO3. The second-order valence-electron chi connectivity index (χ2n) is 9.24. The van der Waals surface area contributed by atoms with Gasteiger partial charge in [0.25, 0.3) is 0 Å². The van der Waals surface area contributed by atoms with Gasteiger partial charge in [0.2, 0.25) is 0 Å². The summed E-state index contributed by atoms with van der Waals surface area (Å²) in [6, 6.07) is 4.39. The Bertz CT molecular complexity index is 753. The summed E-state index contributed by atoms with van der Waals surface area (Å²) in [7, 11) is 2.36. The van der Waals surface area contributed by atoms with Crippen molar-refractivity contribution in [1.29, 1.82) is 0 Å². The fourth-order valence-corrected chi connectivity index (χ4v) is 8.70. The van der Waals surface area contributed by atoms with Crippen LogP contribution in [0.4, 0.5) is 0 Å². The molecule has 0 amide bonds. The van der Waals surface area contributed by atoms with E-state index in [0.717, 1.165) is 11.5 Å². The Morgan fingerprint density at radius 1 is 1.16 bits per heavy atom. The normalized spacial score (nSPS) is 22.5. The van der Waals surface area contributed by atoms with E-state index >= 15 is 0 Å². The molecule has 1 heterocycles. The maximum absolute atomic E-state index is 5.70. The van der Waals surface area contributed by atoms with E-state index in [9.17, 15) is 0 Å². The summed E-state index contributed by atoms with van der Waals surface area (Å²) in [5.41, 5.74) is 5.48. The van der Waals surface area contributed by atoms with Crippen LogP contribution in [0.2, 0.25) is 13.1 Å². The van der Waals surface area contributed by atoms with Gasteiger partial charge >= 0.3 is 162 Å². The molecule has 6 heteroatoms. The number of ether oxygens (including phenoxy) is 2. The first-order chi connectivity index (χ1) is 11.4. The molecule has 1 N–H and O–H groups in total. The van der Waals surface area contributed by atoms with E-state index in [1.54, 1.807) is 0 Å². The third-order valence-electron chi connectivity index (χ3n) is 5.80. The Labute approximate surface area is 162 Å². The molecule has 0 radical (unpaired) electrons. The average Bonchev–Trinajstić information content (AvgIpc) is 2.97. The molecule has 0 saturated carbocycles. The first kappa shape index (κ1) is 18.9. The summed E-state index contributed by atoms with van der Waals surface area (Å²) < 4.78 is 11.3. The van der Waals surface area contributed by atoms with Crippen molar-refractivity contribution in [2.45, 2.75) is 50.0 Å². The quantitative estimate of drug-likeness (QED) is 0.847. The zero-order chi connectivity index (χ0) is 18.8. The third kappa shape index (κ3) is 2.86. The molecule has 1 unspecified atom stereocenters. The molecule has 1 aromatic rings. The topological polar surface area (TPSA) is 33.7 Å². The van der Waals surface area contributed by atoms with Gasteiger partial charge in [0.1, 0.15) is 0 Å². The van der Waals surface area contributed by atoms with Crippen LogP contribution in [0.3, 0.4) is 0 Å². The third-order valence-corrected chi connectivity index (χ3v) is 10.3. The van der Waals surface area contributed by atoms with Crippen molar-refractivity contribution in [3.63, 3.8) is 0 Å². The summed E-state index contributed by atoms with van der Waals surface area (Å²) in [6.45, 7) is 14.3. The van der Waals surface area contributed by atoms with E-state index in [-0.39, 0.29) is 9.25 Å². The predicted octanol–water partition coefficient (Wildman–Crippen LogP) is 3.22. The Morgan fingerprint density at radius 3 is 2.24 bits per heavy atom. The molecule has 4 nitrogen and oxygen atoms in total. The number of hydrogen-bond acceptors (Lipinski definition) is 4. The Kier molecular flexibility index (Phi) is 4.40. The van der Waals surface area contributed by atoms with Crippen molar-refractivity contribution in [3.8, 4) is 11.5 Å². The second-order valence-corrected chi connectivity index (χ2v) is 13.7. The minimum absolute atomic E-state index is 0.0177. The average molecular weight is 352 g/mol. The van der Waals surface area contributed by atoms with Crippen molar-refractivity contribution < 1.29 is 9.47 Å². The van der Waals surface area contributed by atoms with Gasteiger partial charge in [0.05, 0.1) is 0 Å². The van der Waals surface area contributed by atoms with Gasteiger partial charge in [-0.25, -0.2) is 0 Å². The standard InChI is InChI=1S/C19H29N2O2Si.Li/c1-12-17(21(5)6)13-9-15-16(23-11-22-15)10-14(13)18(12)24(7,8)20-19(2,3)4;/h9-10,20H,11H2,1-8H3;. The van der Waals surface area contributed by atoms with E-state index in [4.69, 9.17) is 9.47 Å². The predicted molar refractivity (Wildman–Crippen MR) is 107 cm³/mol. The molecule has 132 valence electrons. The van der Waals surface area contributed by atoms with Crippen LogP contribution in [0.15, 0.2) is 17.7 Å². The number of nitrogens with one attached hydrogen (secondary N) is 1. The van der Waals surface area contributed by atoms with Gasteiger partial charge in [-0.3, -0.25) is 0 Å². The fourth-order valence-electron chi connectivity index (χ4n) is 4.64. The van der Waals surface area contributed by atoms with E-state index in [1.807, 2.05) is 0 Å². The summed E-state index contributed by atoms with van der Waals surface area (Å²) in [5, 5.41) is 0. The summed E-state index contributed by atoms with van der Waals surface area (Å²) in [4.78, 5) is 6.23. The fraction of sp³-hybridized carbons (Fsp3) is 0.579. The van der Waals surface area contributed by atoms with Crippen LogP contribution in [-0.4, -0.2) is 57.3 Å². The van der Waals surface area contributed by atoms with E-state index in [2.05, 4.69) is 94.6 Å². The zero-order valence-electron chi connectivity index (χ0n) is 17.1. The van der Waals surface area contributed by atoms with Gasteiger partial charge in [-0.05, 0) is 0 Å². The van der Waals surface area contributed by atoms with Gasteiger partial charge < -0.3 is 0 Å². The van der Waals surface area contributed by atoms with Crippen LogP contribution in [0, 0.1) is 0 Å². The number of nitrogens with zero attached hydrogens (tertiary/aromatic N) is 1. The second kappa shape index (κ2) is 5.82. The van der Waals surface area contributed by atoms with E-state index in [1.165, 1.54) is 22.4 Å². The molecule has 0 bridgehead atoms. The van der Waals surface area contributed by atoms with Crippen molar-refractivity contribution in [2.75, 3.05) is 20.9 Å². The first-order valence-corrected chi connectivity index (χ1v) is 12.0. The number of hydrogen-bond donors (Lipinski definition) is 1. The Balaban J connectivity index is 2.24. The van der Waals surface area contributed by atoms with Crippen molar-refractivity contribution in [3.05, 3.63) is 28.8 Å². The molecular formula is C19H29LiN2O2Si. The van der Waals surface area contributed by atoms with Crippen molar-refractivity contribution in [1.82, 2.24) is 9.88 Å². The molecular weight excluding hydrogens is 323 g/mol. The zero-order valence-corrected chi connectivity index (χ0v) is 18.1. The van der Waals surface area contributed by atoms with Gasteiger partial charge in [0.15, 0.2) is 0 Å². The summed E-state index contributed by atoms with van der Waals surface area (Å²) in [5.74, 6) is 1.73.